The van der Waals surface area contributed by atoms with E-state index in [1.807, 2.05) is 0 Å². The Morgan fingerprint density at radius 2 is 1.80 bits per heavy atom. The predicted molar refractivity (Wildman–Crippen MR) is 67.8 cm³/mol. The Kier molecular flexibility index (Phi) is 3.64. The largest absolute Gasteiger partial charge is 0.369 e. The minimum absolute atomic E-state index is 0.335. The van der Waals surface area contributed by atoms with Crippen molar-refractivity contribution in [2.24, 2.45) is 5.41 Å². The highest BCUT2D eigenvalue weighted by atomic mass is 15.2. The molecule has 0 N–H and O–H groups in total. The minimum atomic E-state index is 0.335. The molecule has 0 spiro atoms. The van der Waals surface area contributed by atoms with Crippen LogP contribution in [0.1, 0.15) is 48.0 Å². The van der Waals surface area contributed by atoms with Crippen molar-refractivity contribution in [2.75, 3.05) is 6.54 Å². The van der Waals surface area contributed by atoms with Crippen LogP contribution in [0.15, 0.2) is 23.4 Å². The molecular weight excluding hydrogens is 182 g/mol. The van der Waals surface area contributed by atoms with Crippen LogP contribution in [-0.2, 0) is 0 Å². The van der Waals surface area contributed by atoms with Crippen LogP contribution in [-0.4, -0.2) is 17.5 Å². The van der Waals surface area contributed by atoms with E-state index in [0.29, 0.717) is 11.5 Å². The Hall–Kier alpha value is -0.720. The van der Waals surface area contributed by atoms with Crippen molar-refractivity contribution in [3.8, 4) is 0 Å². The molecule has 0 atom stereocenters. The molecule has 1 heterocycles. The molecule has 86 valence electrons. The molecule has 1 nitrogen and oxygen atoms in total. The van der Waals surface area contributed by atoms with E-state index < -0.39 is 0 Å². The number of hydrogen-bond donors (Lipinski definition) is 0. The van der Waals surface area contributed by atoms with E-state index in [0.717, 1.165) is 0 Å². The second-order valence-corrected chi connectivity index (χ2v) is 5.30. The summed E-state index contributed by atoms with van der Waals surface area (Å²) in [7, 11) is 0. The average Bonchev–Trinajstić information content (AvgIpc) is 2.15. The molecule has 1 saturated heterocycles. The van der Waals surface area contributed by atoms with Crippen LogP contribution >= 0.6 is 0 Å². The third-order valence-electron chi connectivity index (χ3n) is 3.48. The molecule has 1 aliphatic rings. The minimum Gasteiger partial charge on any atom is -0.369 e. The third-order valence-corrected chi connectivity index (χ3v) is 3.48. The third kappa shape index (κ3) is 2.27. The molecule has 0 aromatic heterocycles. The second kappa shape index (κ2) is 4.42. The Bertz CT molecular complexity index is 282. The molecule has 0 unspecified atom stereocenters. The first-order valence-electron chi connectivity index (χ1n) is 6.04. The smallest absolute Gasteiger partial charge is 0.0359 e. The molecule has 0 radical (unpaired) electrons. The summed E-state index contributed by atoms with van der Waals surface area (Å²) in [6, 6.07) is 0.599. The fraction of sp³-hybridized carbons (Fsp3) is 0.714. The average molecular weight is 207 g/mol. The molecule has 0 saturated carbocycles. The Morgan fingerprint density at radius 3 is 2.20 bits per heavy atom. The van der Waals surface area contributed by atoms with Gasteiger partial charge in [-0.25, -0.2) is 0 Å². The van der Waals surface area contributed by atoms with E-state index in [1.165, 1.54) is 24.2 Å². The molecule has 1 aliphatic heterocycles. The number of piperidine rings is 1. The highest BCUT2D eigenvalue weighted by Gasteiger charge is 2.33. The Balaban J connectivity index is 3.08. The molecule has 0 aromatic carbocycles. The molecule has 0 bridgehead atoms. The van der Waals surface area contributed by atoms with Crippen molar-refractivity contribution in [1.29, 1.82) is 0 Å². The summed E-state index contributed by atoms with van der Waals surface area (Å²) >= 11 is 0. The SMILES string of the molecule is CC=C1/C(=C\C)N(C(C)C)CCC1(C)C. The zero-order chi connectivity index (χ0) is 11.6. The number of likely N-dealkylation sites (tertiary alicyclic amines) is 1. The van der Waals surface area contributed by atoms with Crippen LogP contribution < -0.4 is 0 Å². The normalized spacial score (nSPS) is 26.7. The van der Waals surface area contributed by atoms with Crippen molar-refractivity contribution in [3.05, 3.63) is 23.4 Å². The van der Waals surface area contributed by atoms with Gasteiger partial charge in [-0.1, -0.05) is 26.0 Å². The van der Waals surface area contributed by atoms with Crippen molar-refractivity contribution in [2.45, 2.75) is 54.0 Å². The summed E-state index contributed by atoms with van der Waals surface area (Å²) in [5.74, 6) is 0. The summed E-state index contributed by atoms with van der Waals surface area (Å²) in [4.78, 5) is 2.51. The molecule has 0 amide bonds. The lowest BCUT2D eigenvalue weighted by molar-refractivity contribution is 0.203. The van der Waals surface area contributed by atoms with Gasteiger partial charge in [0, 0.05) is 18.3 Å². The first-order chi connectivity index (χ1) is 6.94. The standard InChI is InChI=1S/C14H25N/c1-7-12-13(8-2)15(11(3)4)10-9-14(12,5)6/h7-8,11H,9-10H2,1-6H3/b12-7?,13-8+. The van der Waals surface area contributed by atoms with Crippen LogP contribution in [0, 0.1) is 5.41 Å². The van der Waals surface area contributed by atoms with E-state index in [4.69, 9.17) is 0 Å². The van der Waals surface area contributed by atoms with E-state index in [2.05, 4.69) is 58.6 Å². The monoisotopic (exact) mass is 207 g/mol. The van der Waals surface area contributed by atoms with Gasteiger partial charge in [-0.15, -0.1) is 0 Å². The zero-order valence-electron chi connectivity index (χ0n) is 11.1. The van der Waals surface area contributed by atoms with Crippen molar-refractivity contribution in [3.63, 3.8) is 0 Å². The highest BCUT2D eigenvalue weighted by Crippen LogP contribution is 2.41. The van der Waals surface area contributed by atoms with Gasteiger partial charge in [0.25, 0.3) is 0 Å². The predicted octanol–water partition coefficient (Wildman–Crippen LogP) is 3.98. The zero-order valence-corrected chi connectivity index (χ0v) is 11.1. The number of nitrogens with zero attached hydrogens (tertiary/aromatic N) is 1. The molecule has 0 aromatic rings. The molecule has 15 heavy (non-hydrogen) atoms. The number of hydrogen-bond acceptors (Lipinski definition) is 1. The van der Waals surface area contributed by atoms with Gasteiger partial charge in [-0.3, -0.25) is 0 Å². The highest BCUT2D eigenvalue weighted by molar-refractivity contribution is 5.36. The summed E-state index contributed by atoms with van der Waals surface area (Å²) < 4.78 is 0. The lowest BCUT2D eigenvalue weighted by Gasteiger charge is -2.44. The summed E-state index contributed by atoms with van der Waals surface area (Å²) in [6.07, 6.45) is 5.79. The first-order valence-corrected chi connectivity index (χ1v) is 6.04. The van der Waals surface area contributed by atoms with Crippen molar-refractivity contribution in [1.82, 2.24) is 4.90 Å². The number of allylic oxidation sites excluding steroid dienone is 3. The van der Waals surface area contributed by atoms with Crippen molar-refractivity contribution >= 4 is 0 Å². The fourth-order valence-corrected chi connectivity index (χ4v) is 2.55. The first kappa shape index (κ1) is 12.4. The maximum absolute atomic E-state index is 2.51. The molecule has 0 aliphatic carbocycles. The fourth-order valence-electron chi connectivity index (χ4n) is 2.55. The molecule has 1 rings (SSSR count). The molecule has 1 heteroatoms. The van der Waals surface area contributed by atoms with Crippen LogP contribution in [0.2, 0.25) is 0 Å². The van der Waals surface area contributed by atoms with E-state index in [-0.39, 0.29) is 0 Å². The van der Waals surface area contributed by atoms with E-state index in [1.54, 1.807) is 0 Å². The summed E-state index contributed by atoms with van der Waals surface area (Å²) in [6.45, 7) is 14.7. The quantitative estimate of drug-likeness (QED) is 0.628. The van der Waals surface area contributed by atoms with Gasteiger partial charge in [-0.2, -0.15) is 0 Å². The Morgan fingerprint density at radius 1 is 1.20 bits per heavy atom. The van der Waals surface area contributed by atoms with Gasteiger partial charge in [0.2, 0.25) is 0 Å². The van der Waals surface area contributed by atoms with Gasteiger partial charge in [-0.05, 0) is 45.1 Å². The van der Waals surface area contributed by atoms with Crippen LogP contribution in [0.4, 0.5) is 0 Å². The van der Waals surface area contributed by atoms with Crippen molar-refractivity contribution < 1.29 is 0 Å². The summed E-state index contributed by atoms with van der Waals surface area (Å²) in [5, 5.41) is 0. The van der Waals surface area contributed by atoms with Crippen LogP contribution in [0.5, 0.6) is 0 Å². The van der Waals surface area contributed by atoms with Gasteiger partial charge < -0.3 is 4.90 Å². The lowest BCUT2D eigenvalue weighted by atomic mass is 9.75. The van der Waals surface area contributed by atoms with E-state index in [9.17, 15) is 0 Å². The van der Waals surface area contributed by atoms with Gasteiger partial charge in [0.1, 0.15) is 0 Å². The van der Waals surface area contributed by atoms with Gasteiger partial charge in [0.15, 0.2) is 0 Å². The van der Waals surface area contributed by atoms with Crippen LogP contribution in [0.3, 0.4) is 0 Å². The van der Waals surface area contributed by atoms with Gasteiger partial charge >= 0.3 is 0 Å². The van der Waals surface area contributed by atoms with E-state index >= 15 is 0 Å². The van der Waals surface area contributed by atoms with Crippen LogP contribution in [0.25, 0.3) is 0 Å². The van der Waals surface area contributed by atoms with Gasteiger partial charge in [0.05, 0.1) is 0 Å². The molecular formula is C14H25N. The summed E-state index contributed by atoms with van der Waals surface area (Å²) in [5.41, 5.74) is 3.27. The topological polar surface area (TPSA) is 3.24 Å². The second-order valence-electron chi connectivity index (χ2n) is 5.30. The molecule has 1 fully saturated rings. The maximum Gasteiger partial charge on any atom is 0.0359 e. The lowest BCUT2D eigenvalue weighted by Crippen LogP contribution is -2.41. The number of rotatable bonds is 1. The Labute approximate surface area is 94.9 Å². The maximum atomic E-state index is 2.51.